The van der Waals surface area contributed by atoms with E-state index in [0.717, 1.165) is 36.1 Å². The molecule has 34 heavy (non-hydrogen) atoms. The Labute approximate surface area is 199 Å². The molecular formula is C26H32N4O4. The maximum absolute atomic E-state index is 13.2. The van der Waals surface area contributed by atoms with E-state index in [1.54, 1.807) is 6.07 Å². The zero-order chi connectivity index (χ0) is 23.4. The van der Waals surface area contributed by atoms with Crippen molar-refractivity contribution in [3.05, 3.63) is 29.3 Å². The highest BCUT2D eigenvalue weighted by atomic mass is 16.2. The van der Waals surface area contributed by atoms with Gasteiger partial charge in [0.25, 0.3) is 11.8 Å². The molecular weight excluding hydrogens is 432 g/mol. The van der Waals surface area contributed by atoms with Gasteiger partial charge in [-0.25, -0.2) is 0 Å². The molecule has 4 fully saturated rings. The van der Waals surface area contributed by atoms with Gasteiger partial charge in [-0.3, -0.25) is 34.3 Å². The molecule has 1 saturated carbocycles. The summed E-state index contributed by atoms with van der Waals surface area (Å²) in [5.41, 5.74) is 2.01. The first-order chi connectivity index (χ1) is 16.4. The number of rotatable bonds is 3. The maximum Gasteiger partial charge on any atom is 0.262 e. The number of benzene rings is 1. The summed E-state index contributed by atoms with van der Waals surface area (Å²) in [4.78, 5) is 56.1. The molecule has 1 aromatic carbocycles. The maximum atomic E-state index is 13.2. The Kier molecular flexibility index (Phi) is 5.24. The number of carbonyl (C=O) groups excluding carboxylic acids is 4. The van der Waals surface area contributed by atoms with Crippen LogP contribution in [0.4, 0.5) is 5.69 Å². The first-order valence-corrected chi connectivity index (χ1v) is 12.8. The van der Waals surface area contributed by atoms with Crippen molar-refractivity contribution < 1.29 is 19.2 Å². The van der Waals surface area contributed by atoms with Crippen LogP contribution in [-0.4, -0.2) is 71.7 Å². The minimum atomic E-state index is -0.924. The van der Waals surface area contributed by atoms with Crippen LogP contribution in [0, 0.1) is 5.41 Å². The molecule has 3 saturated heterocycles. The van der Waals surface area contributed by atoms with E-state index in [2.05, 4.69) is 15.1 Å². The average Bonchev–Trinajstić information content (AvgIpc) is 3.08. The first-order valence-electron chi connectivity index (χ1n) is 12.8. The standard InChI is InChI=1S/C26H32N4O4/c31-22-10-9-21(23(32)27-22)30-24(33)19-8-7-18(13-20(19)25(30)34)28-12-4-11-26(14-28)15-29(16-26)17-5-2-1-3-6-17/h7-8,13,17,21H,1-6,9-12,14-16H2,(H,27,31,32). The van der Waals surface area contributed by atoms with Crippen LogP contribution in [0.25, 0.3) is 0 Å². The number of nitrogens with zero attached hydrogens (tertiary/aromatic N) is 3. The number of nitrogens with one attached hydrogen (secondary N) is 1. The van der Waals surface area contributed by atoms with Crippen molar-refractivity contribution >= 4 is 29.3 Å². The topological polar surface area (TPSA) is 90.0 Å². The van der Waals surface area contributed by atoms with Crippen molar-refractivity contribution in [1.29, 1.82) is 0 Å². The van der Waals surface area contributed by atoms with Crippen molar-refractivity contribution in [2.24, 2.45) is 5.41 Å². The molecule has 0 bridgehead atoms. The minimum absolute atomic E-state index is 0.128. The van der Waals surface area contributed by atoms with E-state index in [4.69, 9.17) is 0 Å². The number of imide groups is 2. The Morgan fingerprint density at radius 2 is 1.62 bits per heavy atom. The predicted molar refractivity (Wildman–Crippen MR) is 125 cm³/mol. The molecule has 1 unspecified atom stereocenters. The second-order valence-corrected chi connectivity index (χ2v) is 10.9. The summed E-state index contributed by atoms with van der Waals surface area (Å²) in [6.07, 6.45) is 9.45. The van der Waals surface area contributed by atoms with Gasteiger partial charge in [0.2, 0.25) is 11.8 Å². The van der Waals surface area contributed by atoms with E-state index in [-0.39, 0.29) is 18.7 Å². The molecule has 1 spiro atoms. The van der Waals surface area contributed by atoms with Crippen molar-refractivity contribution in [2.75, 3.05) is 31.1 Å². The molecule has 4 aliphatic heterocycles. The molecule has 0 aromatic heterocycles. The van der Waals surface area contributed by atoms with Crippen LogP contribution >= 0.6 is 0 Å². The lowest BCUT2D eigenvalue weighted by molar-refractivity contribution is -0.136. The second kappa shape index (κ2) is 8.18. The van der Waals surface area contributed by atoms with Gasteiger partial charge >= 0.3 is 0 Å². The lowest BCUT2D eigenvalue weighted by atomic mass is 9.71. The molecule has 4 amide bonds. The van der Waals surface area contributed by atoms with Gasteiger partial charge in [0.15, 0.2) is 0 Å². The molecule has 6 rings (SSSR count). The minimum Gasteiger partial charge on any atom is -0.371 e. The summed E-state index contributed by atoms with van der Waals surface area (Å²) in [5, 5.41) is 2.25. The van der Waals surface area contributed by atoms with Crippen molar-refractivity contribution in [2.45, 2.75) is 69.9 Å². The van der Waals surface area contributed by atoms with Gasteiger partial charge in [-0.2, -0.15) is 0 Å². The number of likely N-dealkylation sites (tertiary alicyclic amines) is 1. The Bertz CT molecular complexity index is 1060. The van der Waals surface area contributed by atoms with Gasteiger partial charge in [0.1, 0.15) is 6.04 Å². The summed E-state index contributed by atoms with van der Waals surface area (Å²) >= 11 is 0. The van der Waals surface area contributed by atoms with Crippen molar-refractivity contribution in [3.8, 4) is 0 Å². The van der Waals surface area contributed by atoms with Crippen LogP contribution in [0.15, 0.2) is 18.2 Å². The predicted octanol–water partition coefficient (Wildman–Crippen LogP) is 2.32. The Morgan fingerprint density at radius 3 is 2.38 bits per heavy atom. The Balaban J connectivity index is 1.17. The number of amides is 4. The fourth-order valence-corrected chi connectivity index (χ4v) is 6.86. The molecule has 8 heteroatoms. The Hall–Kier alpha value is -2.74. The largest absolute Gasteiger partial charge is 0.371 e. The number of fused-ring (bicyclic) bond motifs is 1. The lowest BCUT2D eigenvalue weighted by Crippen LogP contribution is -2.65. The average molecular weight is 465 g/mol. The van der Waals surface area contributed by atoms with Crippen LogP contribution in [0.2, 0.25) is 0 Å². The van der Waals surface area contributed by atoms with Gasteiger partial charge < -0.3 is 4.90 Å². The van der Waals surface area contributed by atoms with E-state index in [9.17, 15) is 19.2 Å². The van der Waals surface area contributed by atoms with E-state index in [0.29, 0.717) is 16.5 Å². The number of hydrogen-bond acceptors (Lipinski definition) is 6. The smallest absolute Gasteiger partial charge is 0.262 e. The normalized spacial score (nSPS) is 27.7. The molecule has 1 atom stereocenters. The molecule has 1 aromatic rings. The quantitative estimate of drug-likeness (QED) is 0.691. The van der Waals surface area contributed by atoms with Crippen LogP contribution in [0.3, 0.4) is 0 Å². The van der Waals surface area contributed by atoms with E-state index in [1.165, 1.54) is 51.6 Å². The summed E-state index contributed by atoms with van der Waals surface area (Å²) in [7, 11) is 0. The third kappa shape index (κ3) is 3.54. The first kappa shape index (κ1) is 21.8. The molecule has 0 radical (unpaired) electrons. The third-order valence-corrected chi connectivity index (χ3v) is 8.62. The zero-order valence-electron chi connectivity index (χ0n) is 19.6. The number of hydrogen-bond donors (Lipinski definition) is 1. The molecule has 1 N–H and O–H groups in total. The van der Waals surface area contributed by atoms with E-state index >= 15 is 0 Å². The van der Waals surface area contributed by atoms with Gasteiger partial charge in [-0.1, -0.05) is 19.3 Å². The summed E-state index contributed by atoms with van der Waals surface area (Å²) < 4.78 is 0. The Morgan fingerprint density at radius 1 is 0.853 bits per heavy atom. The zero-order valence-corrected chi connectivity index (χ0v) is 19.6. The van der Waals surface area contributed by atoms with Gasteiger partial charge in [-0.15, -0.1) is 0 Å². The van der Waals surface area contributed by atoms with E-state index in [1.807, 2.05) is 12.1 Å². The summed E-state index contributed by atoms with van der Waals surface area (Å²) in [6.45, 7) is 4.26. The summed E-state index contributed by atoms with van der Waals surface area (Å²) in [6, 6.07) is 5.34. The summed E-state index contributed by atoms with van der Waals surface area (Å²) in [5.74, 6) is -1.82. The highest BCUT2D eigenvalue weighted by Crippen LogP contribution is 2.43. The fourth-order valence-electron chi connectivity index (χ4n) is 6.86. The van der Waals surface area contributed by atoms with Gasteiger partial charge in [0.05, 0.1) is 11.1 Å². The SMILES string of the molecule is O=C1CCC(N2C(=O)c3ccc(N4CCCC5(C4)CN(C4CCCCC4)C5)cc3C2=O)C(=O)N1. The second-order valence-electron chi connectivity index (χ2n) is 10.9. The number of anilines is 1. The molecule has 8 nitrogen and oxygen atoms in total. The molecule has 4 heterocycles. The third-order valence-electron chi connectivity index (χ3n) is 8.62. The monoisotopic (exact) mass is 464 g/mol. The molecule has 180 valence electrons. The molecule has 1 aliphatic carbocycles. The van der Waals surface area contributed by atoms with Crippen LogP contribution in [0.1, 0.15) is 78.5 Å². The lowest BCUT2D eigenvalue weighted by Gasteiger charge is -2.58. The highest BCUT2D eigenvalue weighted by Gasteiger charge is 2.48. The van der Waals surface area contributed by atoms with Gasteiger partial charge in [0, 0.05) is 49.7 Å². The van der Waals surface area contributed by atoms with Crippen LogP contribution in [-0.2, 0) is 9.59 Å². The van der Waals surface area contributed by atoms with Crippen molar-refractivity contribution in [3.63, 3.8) is 0 Å². The molecule has 5 aliphatic rings. The van der Waals surface area contributed by atoms with Gasteiger partial charge in [-0.05, 0) is 50.3 Å². The number of piperidine rings is 2. The fraction of sp³-hybridized carbons (Fsp3) is 0.615. The van der Waals surface area contributed by atoms with Crippen LogP contribution < -0.4 is 10.2 Å². The highest BCUT2D eigenvalue weighted by molar-refractivity contribution is 6.23. The van der Waals surface area contributed by atoms with Crippen LogP contribution in [0.5, 0.6) is 0 Å². The number of carbonyl (C=O) groups is 4. The van der Waals surface area contributed by atoms with Crippen molar-refractivity contribution in [1.82, 2.24) is 15.1 Å². The van der Waals surface area contributed by atoms with E-state index < -0.39 is 23.8 Å².